The van der Waals surface area contributed by atoms with Crippen LogP contribution in [-0.2, 0) is 0 Å². The normalized spacial score (nSPS) is 15.4. The summed E-state index contributed by atoms with van der Waals surface area (Å²) in [5.74, 6) is -1.70. The highest BCUT2D eigenvalue weighted by Crippen LogP contribution is 2.37. The molecule has 2 rings (SSSR count). The van der Waals surface area contributed by atoms with Gasteiger partial charge in [-0.1, -0.05) is 23.2 Å². The molecule has 0 aromatic heterocycles. The number of hydrogen-bond acceptors (Lipinski definition) is 4. The molecule has 4 nitrogen and oxygen atoms in total. The molecule has 0 amide bonds. The van der Waals surface area contributed by atoms with E-state index in [1.165, 1.54) is 12.1 Å². The molecule has 3 N–H and O–H groups in total. The van der Waals surface area contributed by atoms with Crippen molar-refractivity contribution in [2.24, 2.45) is 0 Å². The Labute approximate surface area is 100 Å². The van der Waals surface area contributed by atoms with Crippen LogP contribution >= 0.6 is 23.2 Å². The second kappa shape index (κ2) is 3.50. The van der Waals surface area contributed by atoms with Crippen LogP contribution in [0.1, 0.15) is 20.7 Å². The fourth-order valence-corrected chi connectivity index (χ4v) is 1.86. The van der Waals surface area contributed by atoms with Gasteiger partial charge in [-0.15, -0.1) is 0 Å². The number of Topliss-reactive ketones (excluding diaryl/α,β-unsaturated/α-hetero) is 2. The van der Waals surface area contributed by atoms with E-state index in [9.17, 15) is 14.7 Å². The lowest BCUT2D eigenvalue weighted by Gasteiger charge is -2.16. The minimum atomic E-state index is -0.703. The Morgan fingerprint density at radius 2 is 1.50 bits per heavy atom. The number of halogens is 2. The Kier molecular flexibility index (Phi) is 2.40. The summed E-state index contributed by atoms with van der Waals surface area (Å²) in [6.45, 7) is 0. The topological polar surface area (TPSA) is 80.4 Å². The molecular weight excluding hydrogens is 253 g/mol. The number of rotatable bonds is 0. The van der Waals surface area contributed by atoms with Crippen LogP contribution in [0.5, 0.6) is 5.75 Å². The molecule has 0 atom stereocenters. The van der Waals surface area contributed by atoms with Crippen molar-refractivity contribution in [1.29, 1.82) is 0 Å². The molecule has 1 aliphatic carbocycles. The zero-order chi connectivity index (χ0) is 12.0. The van der Waals surface area contributed by atoms with Gasteiger partial charge in [0.05, 0.1) is 11.1 Å². The molecule has 0 bridgehead atoms. The number of benzene rings is 1. The van der Waals surface area contributed by atoms with Crippen molar-refractivity contribution < 1.29 is 14.7 Å². The van der Waals surface area contributed by atoms with Crippen LogP contribution in [-0.4, -0.2) is 16.7 Å². The van der Waals surface area contributed by atoms with Gasteiger partial charge in [-0.05, 0) is 12.1 Å². The summed E-state index contributed by atoms with van der Waals surface area (Å²) in [7, 11) is 0. The van der Waals surface area contributed by atoms with Gasteiger partial charge in [-0.3, -0.25) is 9.59 Å². The lowest BCUT2D eigenvalue weighted by molar-refractivity contribution is 0.0985. The Morgan fingerprint density at radius 1 is 1.00 bits per heavy atom. The number of anilines is 1. The molecular formula is C10H5Cl2NO3. The Hall–Kier alpha value is -1.52. The second-order valence-electron chi connectivity index (χ2n) is 3.21. The number of ketones is 2. The number of hydrogen-bond donors (Lipinski definition) is 2. The highest BCUT2D eigenvalue weighted by molar-refractivity contribution is 6.59. The lowest BCUT2D eigenvalue weighted by Crippen LogP contribution is -2.19. The fourth-order valence-electron chi connectivity index (χ4n) is 1.50. The van der Waals surface area contributed by atoms with E-state index in [-0.39, 0.29) is 27.6 Å². The zero-order valence-corrected chi connectivity index (χ0v) is 9.26. The van der Waals surface area contributed by atoms with E-state index in [1.54, 1.807) is 0 Å². The third-order valence-electron chi connectivity index (χ3n) is 2.26. The first kappa shape index (κ1) is 11.0. The number of fused-ring (bicyclic) bond motifs is 1. The monoisotopic (exact) mass is 257 g/mol. The number of phenols is 1. The molecule has 0 saturated heterocycles. The molecule has 0 unspecified atom stereocenters. The number of aromatic hydroxyl groups is 1. The van der Waals surface area contributed by atoms with Crippen LogP contribution < -0.4 is 5.73 Å². The summed E-state index contributed by atoms with van der Waals surface area (Å²) in [5, 5.41) is 8.74. The molecule has 1 aromatic carbocycles. The van der Waals surface area contributed by atoms with Crippen LogP contribution in [0.4, 0.5) is 5.69 Å². The molecule has 6 heteroatoms. The van der Waals surface area contributed by atoms with E-state index in [4.69, 9.17) is 28.9 Å². The highest BCUT2D eigenvalue weighted by Gasteiger charge is 2.34. The van der Waals surface area contributed by atoms with Crippen LogP contribution in [0.25, 0.3) is 0 Å². The van der Waals surface area contributed by atoms with E-state index in [0.29, 0.717) is 0 Å². The van der Waals surface area contributed by atoms with Crippen LogP contribution in [0.2, 0.25) is 0 Å². The van der Waals surface area contributed by atoms with E-state index in [1.807, 2.05) is 0 Å². The third-order valence-corrected chi connectivity index (χ3v) is 3.08. The van der Waals surface area contributed by atoms with Crippen LogP contribution in [0.15, 0.2) is 22.2 Å². The summed E-state index contributed by atoms with van der Waals surface area (Å²) < 4.78 is 0. The Balaban J connectivity index is 2.86. The zero-order valence-electron chi connectivity index (χ0n) is 7.75. The minimum Gasteiger partial charge on any atom is -0.507 e. The summed E-state index contributed by atoms with van der Waals surface area (Å²) in [6, 6.07) is 2.55. The number of carbonyl (C=O) groups is 2. The van der Waals surface area contributed by atoms with Gasteiger partial charge in [0, 0.05) is 5.69 Å². The summed E-state index contributed by atoms with van der Waals surface area (Å²) in [4.78, 5) is 23.4. The van der Waals surface area contributed by atoms with Crippen LogP contribution in [0.3, 0.4) is 0 Å². The molecule has 1 aliphatic rings. The Morgan fingerprint density at radius 3 is 2.06 bits per heavy atom. The Bertz CT molecular complexity index is 514. The van der Waals surface area contributed by atoms with Crippen LogP contribution in [0, 0.1) is 0 Å². The summed E-state index contributed by atoms with van der Waals surface area (Å²) in [5.41, 5.74) is 5.35. The van der Waals surface area contributed by atoms with Gasteiger partial charge >= 0.3 is 0 Å². The molecule has 0 heterocycles. The summed E-state index contributed by atoms with van der Waals surface area (Å²) in [6.07, 6.45) is 0. The lowest BCUT2D eigenvalue weighted by atomic mass is 9.92. The van der Waals surface area contributed by atoms with Gasteiger partial charge in [-0.25, -0.2) is 0 Å². The second-order valence-corrected chi connectivity index (χ2v) is 3.97. The first-order chi connectivity index (χ1) is 7.45. The molecule has 0 fully saturated rings. The smallest absolute Gasteiger partial charge is 0.210 e. The van der Waals surface area contributed by atoms with Crippen molar-refractivity contribution in [1.82, 2.24) is 0 Å². The van der Waals surface area contributed by atoms with Crippen molar-refractivity contribution in [3.8, 4) is 5.75 Å². The number of phenolic OH excluding ortho intramolecular Hbond substituents is 1. The maximum atomic E-state index is 11.7. The molecule has 0 radical (unpaired) electrons. The number of carbonyl (C=O) groups excluding carboxylic acids is 2. The first-order valence-electron chi connectivity index (χ1n) is 4.21. The maximum absolute atomic E-state index is 11.7. The average molecular weight is 258 g/mol. The van der Waals surface area contributed by atoms with Crippen molar-refractivity contribution >= 4 is 40.5 Å². The number of nitrogen functional groups attached to an aromatic ring is 1. The SMILES string of the molecule is Nc1ccc(O)c2c1C(=O)C(Cl)=C(Cl)C2=O. The number of allylic oxidation sites excluding steroid dienone is 2. The predicted octanol–water partition coefficient (Wildman–Crippen LogP) is 2.04. The minimum absolute atomic E-state index is 0.0773. The predicted molar refractivity (Wildman–Crippen MR) is 59.9 cm³/mol. The van der Waals surface area contributed by atoms with E-state index >= 15 is 0 Å². The standard InChI is InChI=1S/C10H5Cl2NO3/c11-7-8(12)10(16)6-4(14)2-1-3(13)5(6)9(7)15/h1-2,14H,13H2. The van der Waals surface area contributed by atoms with Gasteiger partial charge in [0.15, 0.2) is 0 Å². The number of nitrogens with two attached hydrogens (primary N) is 1. The third kappa shape index (κ3) is 1.31. The molecule has 82 valence electrons. The van der Waals surface area contributed by atoms with Crippen molar-refractivity contribution in [3.63, 3.8) is 0 Å². The molecule has 0 aliphatic heterocycles. The molecule has 0 saturated carbocycles. The van der Waals surface area contributed by atoms with Gasteiger partial charge in [0.1, 0.15) is 15.8 Å². The largest absolute Gasteiger partial charge is 0.507 e. The van der Waals surface area contributed by atoms with Crippen molar-refractivity contribution in [2.75, 3.05) is 5.73 Å². The molecule has 1 aromatic rings. The van der Waals surface area contributed by atoms with Gasteiger partial charge in [0.25, 0.3) is 0 Å². The van der Waals surface area contributed by atoms with Gasteiger partial charge in [0.2, 0.25) is 11.6 Å². The van der Waals surface area contributed by atoms with Gasteiger partial charge < -0.3 is 10.8 Å². The molecule has 16 heavy (non-hydrogen) atoms. The average Bonchev–Trinajstić information content (AvgIpc) is 2.26. The highest BCUT2D eigenvalue weighted by atomic mass is 35.5. The van der Waals surface area contributed by atoms with E-state index in [2.05, 4.69) is 0 Å². The quantitative estimate of drug-likeness (QED) is 0.551. The first-order valence-corrected chi connectivity index (χ1v) is 4.97. The maximum Gasteiger partial charge on any atom is 0.210 e. The van der Waals surface area contributed by atoms with E-state index in [0.717, 1.165) is 0 Å². The van der Waals surface area contributed by atoms with Crippen molar-refractivity contribution in [3.05, 3.63) is 33.3 Å². The van der Waals surface area contributed by atoms with E-state index < -0.39 is 16.6 Å². The van der Waals surface area contributed by atoms with Crippen molar-refractivity contribution in [2.45, 2.75) is 0 Å². The van der Waals surface area contributed by atoms with Gasteiger partial charge in [-0.2, -0.15) is 0 Å². The molecule has 0 spiro atoms. The fraction of sp³-hybridized carbons (Fsp3) is 0. The summed E-state index contributed by atoms with van der Waals surface area (Å²) >= 11 is 11.2.